The van der Waals surface area contributed by atoms with Crippen LogP contribution in [0.4, 0.5) is 5.69 Å². The van der Waals surface area contributed by atoms with Crippen LogP contribution in [0, 0.1) is 6.92 Å². The van der Waals surface area contributed by atoms with Crippen molar-refractivity contribution in [2.24, 2.45) is 0 Å². The van der Waals surface area contributed by atoms with Crippen molar-refractivity contribution in [1.82, 2.24) is 0 Å². The first-order chi connectivity index (χ1) is 8.74. The minimum Gasteiger partial charge on any atom is -0.482 e. The molecule has 1 aliphatic heterocycles. The number of anilines is 1. The van der Waals surface area contributed by atoms with E-state index in [9.17, 15) is 4.79 Å². The molecule has 3 rings (SSSR count). The average Bonchev–Trinajstić information content (AvgIpc) is 2.39. The maximum atomic E-state index is 11.2. The van der Waals surface area contributed by atoms with Gasteiger partial charge < -0.3 is 10.1 Å². The van der Waals surface area contributed by atoms with E-state index in [0.717, 1.165) is 17.0 Å². The van der Waals surface area contributed by atoms with Crippen LogP contribution in [0.5, 0.6) is 5.75 Å². The Morgan fingerprint density at radius 3 is 2.83 bits per heavy atom. The molecule has 0 bridgehead atoms. The summed E-state index contributed by atoms with van der Waals surface area (Å²) in [5, 5.41) is 2.79. The van der Waals surface area contributed by atoms with Crippen molar-refractivity contribution in [3.63, 3.8) is 0 Å². The Bertz CT molecular complexity index is 620. The molecule has 1 aliphatic rings. The summed E-state index contributed by atoms with van der Waals surface area (Å²) in [6.45, 7) is 2.17. The zero-order chi connectivity index (χ0) is 12.5. The smallest absolute Gasteiger partial charge is 0.262 e. The minimum atomic E-state index is -0.105. The fraction of sp³-hybridized carbons (Fsp3) is 0.133. The van der Waals surface area contributed by atoms with E-state index in [2.05, 4.69) is 24.4 Å². The number of nitrogens with one attached hydrogen (secondary N) is 1. The van der Waals surface area contributed by atoms with Crippen molar-refractivity contribution >= 4 is 11.6 Å². The third-order valence-corrected chi connectivity index (χ3v) is 3.07. The highest BCUT2D eigenvalue weighted by Gasteiger charge is 2.16. The monoisotopic (exact) mass is 239 g/mol. The number of carbonyl (C=O) groups is 1. The van der Waals surface area contributed by atoms with Gasteiger partial charge in [-0.15, -0.1) is 0 Å². The van der Waals surface area contributed by atoms with Gasteiger partial charge in [0.25, 0.3) is 5.91 Å². The summed E-state index contributed by atoms with van der Waals surface area (Å²) in [4.78, 5) is 11.2. The third-order valence-electron chi connectivity index (χ3n) is 3.07. The van der Waals surface area contributed by atoms with Gasteiger partial charge in [0.05, 0.1) is 5.69 Å². The summed E-state index contributed by atoms with van der Waals surface area (Å²) in [6.07, 6.45) is 0. The van der Waals surface area contributed by atoms with Gasteiger partial charge >= 0.3 is 0 Å². The molecule has 0 atom stereocenters. The van der Waals surface area contributed by atoms with Crippen molar-refractivity contribution < 1.29 is 9.53 Å². The Hall–Kier alpha value is -2.29. The third kappa shape index (κ3) is 1.84. The van der Waals surface area contributed by atoms with Gasteiger partial charge in [0, 0.05) is 0 Å². The van der Waals surface area contributed by atoms with Gasteiger partial charge in [-0.25, -0.2) is 0 Å². The van der Waals surface area contributed by atoms with Crippen molar-refractivity contribution in [1.29, 1.82) is 0 Å². The molecule has 90 valence electrons. The van der Waals surface area contributed by atoms with Gasteiger partial charge in [-0.3, -0.25) is 4.79 Å². The maximum Gasteiger partial charge on any atom is 0.262 e. The molecule has 0 saturated heterocycles. The largest absolute Gasteiger partial charge is 0.482 e. The number of hydrogen-bond acceptors (Lipinski definition) is 2. The van der Waals surface area contributed by atoms with Crippen LogP contribution in [-0.4, -0.2) is 12.5 Å². The molecule has 0 spiro atoms. The van der Waals surface area contributed by atoms with Gasteiger partial charge in [-0.1, -0.05) is 30.3 Å². The van der Waals surface area contributed by atoms with E-state index in [1.54, 1.807) is 0 Å². The molecular formula is C15H13NO2. The lowest BCUT2D eigenvalue weighted by atomic mass is 10.00. The molecule has 0 radical (unpaired) electrons. The minimum absolute atomic E-state index is 0.0875. The first-order valence-electron chi connectivity index (χ1n) is 5.87. The maximum absolute atomic E-state index is 11.2. The number of benzene rings is 2. The summed E-state index contributed by atoms with van der Waals surface area (Å²) in [5.41, 5.74) is 4.24. The second-order valence-electron chi connectivity index (χ2n) is 4.36. The molecule has 0 unspecified atom stereocenters. The van der Waals surface area contributed by atoms with Gasteiger partial charge in [0.2, 0.25) is 0 Å². The van der Waals surface area contributed by atoms with Gasteiger partial charge in [-0.2, -0.15) is 0 Å². The molecule has 0 saturated carbocycles. The number of rotatable bonds is 1. The molecule has 2 aromatic carbocycles. The Balaban J connectivity index is 2.05. The van der Waals surface area contributed by atoms with E-state index in [4.69, 9.17) is 4.74 Å². The molecule has 0 fully saturated rings. The van der Waals surface area contributed by atoms with Crippen LogP contribution in [0.3, 0.4) is 0 Å². The second kappa shape index (κ2) is 4.18. The summed E-state index contributed by atoms with van der Waals surface area (Å²) < 4.78 is 5.43. The van der Waals surface area contributed by atoms with Crippen LogP contribution in [0.25, 0.3) is 11.1 Å². The lowest BCUT2D eigenvalue weighted by Gasteiger charge is -2.19. The molecule has 1 amide bonds. The fourth-order valence-electron chi connectivity index (χ4n) is 2.14. The topological polar surface area (TPSA) is 38.3 Å². The molecule has 3 nitrogen and oxygen atoms in total. The summed E-state index contributed by atoms with van der Waals surface area (Å²) in [6, 6.07) is 14.1. The lowest BCUT2D eigenvalue weighted by molar-refractivity contribution is -0.118. The SMILES string of the molecule is Cc1ccccc1-c1ccc2c(c1)OCC(=O)N2. The molecule has 1 N–H and O–H groups in total. The Labute approximate surface area is 105 Å². The van der Waals surface area contributed by atoms with E-state index in [0.29, 0.717) is 0 Å². The van der Waals surface area contributed by atoms with E-state index < -0.39 is 0 Å². The molecule has 0 aliphatic carbocycles. The molecule has 0 aromatic heterocycles. The Morgan fingerprint density at radius 2 is 2.00 bits per heavy atom. The van der Waals surface area contributed by atoms with E-state index in [-0.39, 0.29) is 12.5 Å². The van der Waals surface area contributed by atoms with Crippen LogP contribution >= 0.6 is 0 Å². The standard InChI is InChI=1S/C15H13NO2/c1-10-4-2-3-5-12(10)11-6-7-13-14(8-11)18-9-15(17)16-13/h2-8H,9H2,1H3,(H,16,17). The molecule has 18 heavy (non-hydrogen) atoms. The van der Waals surface area contributed by atoms with E-state index >= 15 is 0 Å². The van der Waals surface area contributed by atoms with Crippen LogP contribution < -0.4 is 10.1 Å². The number of carbonyl (C=O) groups excluding carboxylic acids is 1. The van der Waals surface area contributed by atoms with Crippen LogP contribution in [-0.2, 0) is 4.79 Å². The molecule has 2 aromatic rings. The fourth-order valence-corrected chi connectivity index (χ4v) is 2.14. The predicted molar refractivity (Wildman–Crippen MR) is 70.7 cm³/mol. The lowest BCUT2D eigenvalue weighted by Crippen LogP contribution is -2.25. The Kier molecular flexibility index (Phi) is 2.52. The van der Waals surface area contributed by atoms with E-state index in [1.165, 1.54) is 11.1 Å². The number of amides is 1. The number of ether oxygens (including phenoxy) is 1. The summed E-state index contributed by atoms with van der Waals surface area (Å²) >= 11 is 0. The van der Waals surface area contributed by atoms with Crippen LogP contribution in [0.2, 0.25) is 0 Å². The number of aryl methyl sites for hydroxylation is 1. The van der Waals surface area contributed by atoms with Crippen molar-refractivity contribution in [2.75, 3.05) is 11.9 Å². The quantitative estimate of drug-likeness (QED) is 0.830. The zero-order valence-electron chi connectivity index (χ0n) is 10.1. The van der Waals surface area contributed by atoms with Gasteiger partial charge in [0.15, 0.2) is 6.61 Å². The van der Waals surface area contributed by atoms with Crippen molar-refractivity contribution in [3.05, 3.63) is 48.0 Å². The van der Waals surface area contributed by atoms with Gasteiger partial charge in [0.1, 0.15) is 5.75 Å². The highest BCUT2D eigenvalue weighted by atomic mass is 16.5. The van der Waals surface area contributed by atoms with Crippen LogP contribution in [0.1, 0.15) is 5.56 Å². The molecular weight excluding hydrogens is 226 g/mol. The highest BCUT2D eigenvalue weighted by molar-refractivity contribution is 5.96. The van der Waals surface area contributed by atoms with E-state index in [1.807, 2.05) is 30.3 Å². The first kappa shape index (κ1) is 10.8. The first-order valence-corrected chi connectivity index (χ1v) is 5.87. The zero-order valence-corrected chi connectivity index (χ0v) is 10.1. The second-order valence-corrected chi connectivity index (χ2v) is 4.36. The number of hydrogen-bond donors (Lipinski definition) is 1. The summed E-state index contributed by atoms with van der Waals surface area (Å²) in [7, 11) is 0. The molecule has 3 heteroatoms. The van der Waals surface area contributed by atoms with Crippen LogP contribution in [0.15, 0.2) is 42.5 Å². The van der Waals surface area contributed by atoms with Crippen molar-refractivity contribution in [3.8, 4) is 16.9 Å². The Morgan fingerprint density at radius 1 is 1.17 bits per heavy atom. The number of fused-ring (bicyclic) bond motifs is 1. The molecule has 1 heterocycles. The predicted octanol–water partition coefficient (Wildman–Crippen LogP) is 2.99. The normalized spacial score (nSPS) is 13.5. The van der Waals surface area contributed by atoms with Crippen molar-refractivity contribution in [2.45, 2.75) is 6.92 Å². The highest BCUT2D eigenvalue weighted by Crippen LogP contribution is 2.33. The van der Waals surface area contributed by atoms with Gasteiger partial charge in [-0.05, 0) is 35.7 Å². The summed E-state index contributed by atoms with van der Waals surface area (Å²) in [5.74, 6) is 0.626. The average molecular weight is 239 g/mol.